The highest BCUT2D eigenvalue weighted by atomic mass is 32.2. The minimum absolute atomic E-state index is 0.0201. The lowest BCUT2D eigenvalue weighted by molar-refractivity contribution is -0.120. The van der Waals surface area contributed by atoms with Crippen molar-refractivity contribution in [2.24, 2.45) is 5.92 Å². The van der Waals surface area contributed by atoms with Crippen molar-refractivity contribution in [3.05, 3.63) is 23.8 Å². The Morgan fingerprint density at radius 2 is 2.03 bits per heavy atom. The van der Waals surface area contributed by atoms with Crippen molar-refractivity contribution in [3.8, 4) is 0 Å². The average Bonchev–Trinajstić information content (AvgIpc) is 2.97. The summed E-state index contributed by atoms with van der Waals surface area (Å²) in [6.45, 7) is 13.3. The van der Waals surface area contributed by atoms with Gasteiger partial charge in [-0.3, -0.25) is 9.69 Å². The van der Waals surface area contributed by atoms with E-state index >= 15 is 0 Å². The number of ether oxygens (including phenoxy) is 1. The number of anilines is 1. The predicted octanol–water partition coefficient (Wildman–Crippen LogP) is 2.44. The van der Waals surface area contributed by atoms with Gasteiger partial charge in [-0.25, -0.2) is 8.42 Å². The van der Waals surface area contributed by atoms with Gasteiger partial charge in [-0.2, -0.15) is 0 Å². The monoisotopic (exact) mass is 465 g/mol. The second-order valence-corrected chi connectivity index (χ2v) is 12.4. The highest BCUT2D eigenvalue weighted by Crippen LogP contribution is 2.42. The molecule has 1 unspecified atom stereocenters. The number of carbonyl (C=O) groups is 1. The lowest BCUT2D eigenvalue weighted by Crippen LogP contribution is -2.58. The maximum atomic E-state index is 13.5. The Labute approximate surface area is 193 Å². The van der Waals surface area contributed by atoms with Crippen molar-refractivity contribution in [1.29, 1.82) is 0 Å². The van der Waals surface area contributed by atoms with Crippen molar-refractivity contribution in [3.63, 3.8) is 0 Å². The molecule has 0 radical (unpaired) electrons. The van der Waals surface area contributed by atoms with Crippen LogP contribution in [0.4, 0.5) is 5.69 Å². The number of fused-ring (bicyclic) bond motifs is 1. The summed E-state index contributed by atoms with van der Waals surface area (Å²) in [6.07, 6.45) is 0.864. The summed E-state index contributed by atoms with van der Waals surface area (Å²) in [5, 5.41) is 3.49. The SMILES string of the molecule is COCCC1CN[C@H](C)CN1CC(=O)N1CC(C)(C)c2ccc(S(=O)(=O)CC(C)C)cc21. The van der Waals surface area contributed by atoms with E-state index in [2.05, 4.69) is 31.0 Å². The third kappa shape index (κ3) is 5.53. The minimum atomic E-state index is -3.39. The smallest absolute Gasteiger partial charge is 0.241 e. The molecule has 2 heterocycles. The molecule has 0 aliphatic carbocycles. The maximum absolute atomic E-state index is 13.5. The van der Waals surface area contributed by atoms with Crippen LogP contribution in [0.5, 0.6) is 0 Å². The molecule has 0 aromatic heterocycles. The number of nitrogens with zero attached hydrogens (tertiary/aromatic N) is 2. The van der Waals surface area contributed by atoms with Crippen molar-refractivity contribution in [1.82, 2.24) is 10.2 Å². The Balaban J connectivity index is 1.86. The number of hydrogen-bond donors (Lipinski definition) is 1. The number of methoxy groups -OCH3 is 1. The van der Waals surface area contributed by atoms with Gasteiger partial charge < -0.3 is 15.0 Å². The summed E-state index contributed by atoms with van der Waals surface area (Å²) < 4.78 is 31.0. The average molecular weight is 466 g/mol. The fourth-order valence-electron chi connectivity index (χ4n) is 4.85. The number of benzene rings is 1. The van der Waals surface area contributed by atoms with Gasteiger partial charge >= 0.3 is 0 Å². The molecule has 8 heteroatoms. The first-order valence-electron chi connectivity index (χ1n) is 11.6. The molecule has 1 amide bonds. The van der Waals surface area contributed by atoms with Gasteiger partial charge in [0.15, 0.2) is 9.84 Å². The number of carbonyl (C=O) groups excluding carboxylic acids is 1. The molecule has 1 aromatic rings. The van der Waals surface area contributed by atoms with E-state index in [4.69, 9.17) is 4.74 Å². The van der Waals surface area contributed by atoms with Crippen LogP contribution >= 0.6 is 0 Å². The number of sulfone groups is 1. The maximum Gasteiger partial charge on any atom is 0.241 e. The van der Waals surface area contributed by atoms with Gasteiger partial charge in [0.2, 0.25) is 5.91 Å². The largest absolute Gasteiger partial charge is 0.385 e. The van der Waals surface area contributed by atoms with Crippen molar-refractivity contribution >= 4 is 21.4 Å². The van der Waals surface area contributed by atoms with E-state index in [9.17, 15) is 13.2 Å². The minimum Gasteiger partial charge on any atom is -0.385 e. The number of amides is 1. The van der Waals surface area contributed by atoms with Crippen LogP contribution in [0, 0.1) is 5.92 Å². The molecule has 1 saturated heterocycles. The molecular weight excluding hydrogens is 426 g/mol. The second kappa shape index (κ2) is 9.79. The highest BCUT2D eigenvalue weighted by molar-refractivity contribution is 7.91. The quantitative estimate of drug-likeness (QED) is 0.635. The lowest BCUT2D eigenvalue weighted by atomic mass is 9.87. The van der Waals surface area contributed by atoms with E-state index < -0.39 is 9.84 Å². The Morgan fingerprint density at radius 3 is 2.69 bits per heavy atom. The third-order valence-electron chi connectivity index (χ3n) is 6.48. The molecule has 2 aliphatic rings. The van der Waals surface area contributed by atoms with E-state index in [1.165, 1.54) is 0 Å². The van der Waals surface area contributed by atoms with Gasteiger partial charge in [0.1, 0.15) is 0 Å². The van der Waals surface area contributed by atoms with Crippen LogP contribution in [0.1, 0.15) is 46.6 Å². The molecule has 1 N–H and O–H groups in total. The van der Waals surface area contributed by atoms with Crippen LogP contribution in [-0.2, 0) is 24.8 Å². The fraction of sp³-hybridized carbons (Fsp3) is 0.708. The summed E-state index contributed by atoms with van der Waals surface area (Å²) in [6, 6.07) is 5.86. The van der Waals surface area contributed by atoms with Crippen molar-refractivity contribution in [2.45, 2.75) is 63.4 Å². The molecule has 2 atom stereocenters. The number of rotatable bonds is 8. The van der Waals surface area contributed by atoms with E-state index in [1.54, 1.807) is 24.1 Å². The summed E-state index contributed by atoms with van der Waals surface area (Å²) in [5.41, 5.74) is 1.54. The number of hydrogen-bond acceptors (Lipinski definition) is 6. The van der Waals surface area contributed by atoms with E-state index in [0.29, 0.717) is 30.6 Å². The van der Waals surface area contributed by atoms with E-state index in [-0.39, 0.29) is 29.0 Å². The van der Waals surface area contributed by atoms with Crippen LogP contribution in [0.15, 0.2) is 23.1 Å². The highest BCUT2D eigenvalue weighted by Gasteiger charge is 2.40. The molecule has 2 aliphatic heterocycles. The van der Waals surface area contributed by atoms with Crippen LogP contribution in [0.25, 0.3) is 0 Å². The summed E-state index contributed by atoms with van der Waals surface area (Å²) in [5.74, 6) is 0.163. The van der Waals surface area contributed by atoms with Gasteiger partial charge in [-0.05, 0) is 37.0 Å². The summed E-state index contributed by atoms with van der Waals surface area (Å²) >= 11 is 0. The van der Waals surface area contributed by atoms with Gasteiger partial charge in [-0.1, -0.05) is 33.8 Å². The van der Waals surface area contributed by atoms with Gasteiger partial charge in [0.25, 0.3) is 0 Å². The van der Waals surface area contributed by atoms with Crippen LogP contribution < -0.4 is 10.2 Å². The van der Waals surface area contributed by atoms with Crippen LogP contribution in [0.2, 0.25) is 0 Å². The fourth-order valence-corrected chi connectivity index (χ4v) is 6.48. The number of piperazine rings is 1. The zero-order valence-corrected chi connectivity index (χ0v) is 21.2. The zero-order valence-electron chi connectivity index (χ0n) is 20.3. The Morgan fingerprint density at radius 1 is 1.31 bits per heavy atom. The van der Waals surface area contributed by atoms with Crippen molar-refractivity contribution in [2.75, 3.05) is 50.5 Å². The molecular formula is C24H39N3O4S. The van der Waals surface area contributed by atoms with Crippen molar-refractivity contribution < 1.29 is 17.9 Å². The zero-order chi connectivity index (χ0) is 23.7. The first kappa shape index (κ1) is 25.1. The molecule has 180 valence electrons. The molecule has 3 rings (SSSR count). The van der Waals surface area contributed by atoms with Gasteiger partial charge in [-0.15, -0.1) is 0 Å². The first-order chi connectivity index (χ1) is 14.9. The van der Waals surface area contributed by atoms with Crippen LogP contribution in [-0.4, -0.2) is 77.0 Å². The second-order valence-electron chi connectivity index (χ2n) is 10.4. The number of nitrogens with one attached hydrogen (secondary N) is 1. The molecule has 0 spiro atoms. The normalized spacial score (nSPS) is 23.5. The molecule has 1 aromatic carbocycles. The van der Waals surface area contributed by atoms with Gasteiger partial charge in [0, 0.05) is 56.5 Å². The summed E-state index contributed by atoms with van der Waals surface area (Å²) in [7, 11) is -1.69. The third-order valence-corrected chi connectivity index (χ3v) is 8.55. The summed E-state index contributed by atoms with van der Waals surface area (Å²) in [4.78, 5) is 17.9. The molecule has 0 bridgehead atoms. The van der Waals surface area contributed by atoms with E-state index in [1.807, 2.05) is 19.9 Å². The Hall–Kier alpha value is -1.48. The van der Waals surface area contributed by atoms with E-state index in [0.717, 1.165) is 30.8 Å². The Kier molecular flexibility index (Phi) is 7.70. The Bertz CT molecular complexity index is 927. The van der Waals surface area contributed by atoms with Crippen LogP contribution in [0.3, 0.4) is 0 Å². The van der Waals surface area contributed by atoms with Gasteiger partial charge in [0.05, 0.1) is 17.2 Å². The molecule has 1 fully saturated rings. The lowest BCUT2D eigenvalue weighted by Gasteiger charge is -2.39. The standard InChI is InChI=1S/C24H39N3O4S/c1-17(2)15-32(29,30)20-7-8-21-22(11-20)27(16-24(21,4)5)23(28)14-26-13-18(3)25-12-19(26)9-10-31-6/h7-8,11,17-19,25H,9-10,12-16H2,1-6H3/t18-,19?/m1/s1. The molecule has 7 nitrogen and oxygen atoms in total. The first-order valence-corrected chi connectivity index (χ1v) is 13.2. The topological polar surface area (TPSA) is 79.0 Å². The predicted molar refractivity (Wildman–Crippen MR) is 128 cm³/mol. The molecule has 0 saturated carbocycles. The molecule has 32 heavy (non-hydrogen) atoms.